The van der Waals surface area contributed by atoms with E-state index in [1.807, 2.05) is 6.07 Å². The third kappa shape index (κ3) is 1.78. The highest BCUT2D eigenvalue weighted by atomic mass is 19.1. The lowest BCUT2D eigenvalue weighted by atomic mass is 10.0. The number of hydrogen-bond acceptors (Lipinski definition) is 2. The topological polar surface area (TPSA) is 29.3 Å². The Morgan fingerprint density at radius 2 is 1.88 bits per heavy atom. The van der Waals surface area contributed by atoms with E-state index in [4.69, 9.17) is 5.73 Å². The van der Waals surface area contributed by atoms with Crippen LogP contribution in [0.25, 0.3) is 0 Å². The predicted octanol–water partition coefficient (Wildman–Crippen LogP) is 2.95. The van der Waals surface area contributed by atoms with Crippen LogP contribution in [0.2, 0.25) is 0 Å². The first kappa shape index (κ1) is 10.9. The molecule has 1 heterocycles. The number of halogens is 1. The molecule has 2 aliphatic rings. The summed E-state index contributed by atoms with van der Waals surface area (Å²) in [6, 6.07) is 3.35. The summed E-state index contributed by atoms with van der Waals surface area (Å²) in [6.45, 7) is 4.00. The molecule has 0 amide bonds. The van der Waals surface area contributed by atoms with Gasteiger partial charge in [-0.1, -0.05) is 6.42 Å². The van der Waals surface area contributed by atoms with Crippen molar-refractivity contribution in [1.82, 2.24) is 0 Å². The van der Waals surface area contributed by atoms with Crippen LogP contribution >= 0.6 is 0 Å². The van der Waals surface area contributed by atoms with E-state index in [1.54, 1.807) is 6.92 Å². The van der Waals surface area contributed by atoms with Crippen LogP contribution < -0.4 is 10.6 Å². The van der Waals surface area contributed by atoms with E-state index in [9.17, 15) is 4.39 Å². The van der Waals surface area contributed by atoms with Crippen LogP contribution in [0.5, 0.6) is 0 Å². The van der Waals surface area contributed by atoms with Gasteiger partial charge < -0.3 is 10.6 Å². The molecule has 2 atom stereocenters. The smallest absolute Gasteiger partial charge is 0.128 e. The monoisotopic (exact) mass is 234 g/mol. The molecule has 1 aromatic rings. The SMILES string of the molecule is Cc1cc(N2CC3CCCC3C2)c(N)cc1F. The fourth-order valence-corrected chi connectivity index (χ4v) is 3.39. The van der Waals surface area contributed by atoms with E-state index in [0.717, 1.165) is 30.6 Å². The van der Waals surface area contributed by atoms with Gasteiger partial charge in [-0.2, -0.15) is 0 Å². The standard InChI is InChI=1S/C14H19FN2/c1-9-5-14(13(16)6-12(9)15)17-7-10-3-2-4-11(10)8-17/h5-6,10-11H,2-4,7-8,16H2,1H3. The van der Waals surface area contributed by atoms with Crippen molar-refractivity contribution in [2.75, 3.05) is 23.7 Å². The summed E-state index contributed by atoms with van der Waals surface area (Å²) in [5, 5.41) is 0. The molecular formula is C14H19FN2. The minimum atomic E-state index is -0.203. The Balaban J connectivity index is 1.88. The first-order valence-corrected chi connectivity index (χ1v) is 6.45. The maximum atomic E-state index is 13.4. The Morgan fingerprint density at radius 3 is 2.53 bits per heavy atom. The molecule has 3 heteroatoms. The molecule has 1 aliphatic carbocycles. The van der Waals surface area contributed by atoms with Crippen LogP contribution in [0.4, 0.5) is 15.8 Å². The van der Waals surface area contributed by atoms with Crippen molar-refractivity contribution >= 4 is 11.4 Å². The maximum absolute atomic E-state index is 13.4. The van der Waals surface area contributed by atoms with Gasteiger partial charge in [-0.15, -0.1) is 0 Å². The predicted molar refractivity (Wildman–Crippen MR) is 68.6 cm³/mol. The van der Waals surface area contributed by atoms with Gasteiger partial charge in [0.05, 0.1) is 11.4 Å². The van der Waals surface area contributed by atoms with Crippen LogP contribution in [0, 0.1) is 24.6 Å². The average Bonchev–Trinajstić information content (AvgIpc) is 2.83. The molecule has 2 nitrogen and oxygen atoms in total. The summed E-state index contributed by atoms with van der Waals surface area (Å²) in [6.07, 6.45) is 4.07. The van der Waals surface area contributed by atoms with Gasteiger partial charge in [0.15, 0.2) is 0 Å². The summed E-state index contributed by atoms with van der Waals surface area (Å²) < 4.78 is 13.4. The minimum Gasteiger partial charge on any atom is -0.397 e. The molecule has 0 radical (unpaired) electrons. The summed E-state index contributed by atoms with van der Waals surface area (Å²) >= 11 is 0. The second kappa shape index (κ2) is 3.90. The van der Waals surface area contributed by atoms with E-state index in [-0.39, 0.29) is 5.82 Å². The van der Waals surface area contributed by atoms with Gasteiger partial charge in [0.2, 0.25) is 0 Å². The normalized spacial score (nSPS) is 27.5. The van der Waals surface area contributed by atoms with Gasteiger partial charge in [0.1, 0.15) is 5.82 Å². The maximum Gasteiger partial charge on any atom is 0.128 e. The minimum absolute atomic E-state index is 0.203. The van der Waals surface area contributed by atoms with E-state index in [0.29, 0.717) is 11.3 Å². The molecule has 1 saturated heterocycles. The van der Waals surface area contributed by atoms with Crippen molar-refractivity contribution in [2.45, 2.75) is 26.2 Å². The second-order valence-corrected chi connectivity index (χ2v) is 5.52. The van der Waals surface area contributed by atoms with Gasteiger partial charge in [0, 0.05) is 13.1 Å². The van der Waals surface area contributed by atoms with Crippen LogP contribution in [-0.2, 0) is 0 Å². The van der Waals surface area contributed by atoms with Gasteiger partial charge in [-0.3, -0.25) is 0 Å². The van der Waals surface area contributed by atoms with Crippen LogP contribution in [0.3, 0.4) is 0 Å². The Bertz CT molecular complexity index is 432. The number of nitrogen functional groups attached to an aromatic ring is 1. The van der Waals surface area contributed by atoms with Crippen molar-refractivity contribution in [3.63, 3.8) is 0 Å². The lowest BCUT2D eigenvalue weighted by Crippen LogP contribution is -2.22. The third-order valence-corrected chi connectivity index (χ3v) is 4.37. The van der Waals surface area contributed by atoms with E-state index in [2.05, 4.69) is 4.90 Å². The van der Waals surface area contributed by atoms with Crippen LogP contribution in [0.15, 0.2) is 12.1 Å². The largest absolute Gasteiger partial charge is 0.397 e. The molecule has 1 aliphatic heterocycles. The average molecular weight is 234 g/mol. The third-order valence-electron chi connectivity index (χ3n) is 4.37. The molecule has 17 heavy (non-hydrogen) atoms. The summed E-state index contributed by atoms with van der Waals surface area (Å²) in [5.74, 6) is 1.46. The number of rotatable bonds is 1. The number of aryl methyl sites for hydroxylation is 1. The van der Waals surface area contributed by atoms with Crippen LogP contribution in [0.1, 0.15) is 24.8 Å². The van der Waals surface area contributed by atoms with Gasteiger partial charge in [-0.05, 0) is 49.3 Å². The van der Waals surface area contributed by atoms with Gasteiger partial charge in [0.25, 0.3) is 0 Å². The number of hydrogen-bond donors (Lipinski definition) is 1. The molecule has 1 saturated carbocycles. The highest BCUT2D eigenvalue weighted by Crippen LogP contribution is 2.41. The summed E-state index contributed by atoms with van der Waals surface area (Å²) in [4.78, 5) is 2.34. The Hall–Kier alpha value is -1.25. The van der Waals surface area contributed by atoms with E-state index < -0.39 is 0 Å². The zero-order valence-electron chi connectivity index (χ0n) is 10.2. The van der Waals surface area contributed by atoms with E-state index in [1.165, 1.54) is 25.3 Å². The van der Waals surface area contributed by atoms with E-state index >= 15 is 0 Å². The van der Waals surface area contributed by atoms with Gasteiger partial charge in [-0.25, -0.2) is 4.39 Å². The zero-order chi connectivity index (χ0) is 12.0. The lowest BCUT2D eigenvalue weighted by Gasteiger charge is -2.22. The first-order valence-electron chi connectivity index (χ1n) is 6.45. The molecule has 2 N–H and O–H groups in total. The fraction of sp³-hybridized carbons (Fsp3) is 0.571. The van der Waals surface area contributed by atoms with Crippen molar-refractivity contribution in [2.24, 2.45) is 11.8 Å². The lowest BCUT2D eigenvalue weighted by molar-refractivity contribution is 0.494. The molecule has 92 valence electrons. The van der Waals surface area contributed by atoms with Crippen molar-refractivity contribution in [1.29, 1.82) is 0 Å². The first-order chi connectivity index (χ1) is 8.15. The summed E-state index contributed by atoms with van der Waals surface area (Å²) in [7, 11) is 0. The zero-order valence-corrected chi connectivity index (χ0v) is 10.2. The molecule has 0 aromatic heterocycles. The quantitative estimate of drug-likeness (QED) is 0.757. The van der Waals surface area contributed by atoms with Gasteiger partial charge >= 0.3 is 0 Å². The fourth-order valence-electron chi connectivity index (χ4n) is 3.39. The van der Waals surface area contributed by atoms with Crippen molar-refractivity contribution in [3.8, 4) is 0 Å². The Kier molecular flexibility index (Phi) is 2.49. The molecule has 3 rings (SSSR count). The Morgan fingerprint density at radius 1 is 1.24 bits per heavy atom. The second-order valence-electron chi connectivity index (χ2n) is 5.52. The number of nitrogens with zero attached hydrogens (tertiary/aromatic N) is 1. The summed E-state index contributed by atoms with van der Waals surface area (Å²) in [5.41, 5.74) is 8.23. The molecule has 2 unspecified atom stereocenters. The molecule has 1 aromatic carbocycles. The molecule has 0 spiro atoms. The molecule has 0 bridgehead atoms. The van der Waals surface area contributed by atoms with Crippen molar-refractivity contribution < 1.29 is 4.39 Å². The highest BCUT2D eigenvalue weighted by molar-refractivity contribution is 5.69. The number of anilines is 2. The van der Waals surface area contributed by atoms with Crippen LogP contribution in [-0.4, -0.2) is 13.1 Å². The highest BCUT2D eigenvalue weighted by Gasteiger charge is 2.36. The number of benzene rings is 1. The molecular weight excluding hydrogens is 215 g/mol. The molecule has 2 fully saturated rings. The Labute approximate surface area is 102 Å². The number of nitrogens with two attached hydrogens (primary N) is 1. The number of fused-ring (bicyclic) bond motifs is 1. The van der Waals surface area contributed by atoms with Crippen molar-refractivity contribution in [3.05, 3.63) is 23.5 Å².